The maximum Gasteiger partial charge on any atom is 0.245 e. The molecular formula is C15H28N2O3S. The minimum Gasteiger partial charge on any atom is -0.342 e. The van der Waals surface area contributed by atoms with Gasteiger partial charge >= 0.3 is 0 Å². The van der Waals surface area contributed by atoms with Gasteiger partial charge in [0.2, 0.25) is 11.8 Å². The lowest BCUT2D eigenvalue weighted by Crippen LogP contribution is -2.65. The summed E-state index contributed by atoms with van der Waals surface area (Å²) in [5, 5.41) is 2.87. The minimum atomic E-state index is -0.868. The van der Waals surface area contributed by atoms with E-state index in [1.807, 2.05) is 27.7 Å². The number of rotatable bonds is 7. The van der Waals surface area contributed by atoms with E-state index in [0.717, 1.165) is 0 Å². The third-order valence-electron chi connectivity index (χ3n) is 3.67. The van der Waals surface area contributed by atoms with Crippen LogP contribution in [0.4, 0.5) is 0 Å². The molecule has 0 radical (unpaired) electrons. The Labute approximate surface area is 130 Å². The molecule has 0 saturated carbocycles. The van der Waals surface area contributed by atoms with E-state index in [2.05, 4.69) is 5.32 Å². The standard InChI is InChI=1S/C15H28N2O3S/c1-10(2)9-12-15(19)17(7-6-8-21(5)20)13(11(3)4)14(18)16-12/h10-13H,6-9H2,1-5H3,(H,16,18). The van der Waals surface area contributed by atoms with Crippen molar-refractivity contribution in [1.29, 1.82) is 0 Å². The van der Waals surface area contributed by atoms with Gasteiger partial charge in [0.25, 0.3) is 0 Å². The molecular weight excluding hydrogens is 288 g/mol. The van der Waals surface area contributed by atoms with Gasteiger partial charge in [-0.2, -0.15) is 0 Å². The minimum absolute atomic E-state index is 0.00360. The van der Waals surface area contributed by atoms with Crippen molar-refractivity contribution in [2.75, 3.05) is 18.6 Å². The normalized spacial score (nSPS) is 24.6. The molecule has 1 heterocycles. The summed E-state index contributed by atoms with van der Waals surface area (Å²) in [5.41, 5.74) is 0. The molecule has 1 rings (SSSR count). The van der Waals surface area contributed by atoms with Crippen molar-refractivity contribution in [2.45, 2.75) is 52.6 Å². The van der Waals surface area contributed by atoms with E-state index in [0.29, 0.717) is 31.1 Å². The maximum atomic E-state index is 12.6. The van der Waals surface area contributed by atoms with E-state index in [-0.39, 0.29) is 17.7 Å². The van der Waals surface area contributed by atoms with Crippen molar-refractivity contribution < 1.29 is 13.8 Å². The lowest BCUT2D eigenvalue weighted by atomic mass is 9.93. The Hall–Kier alpha value is -0.910. The molecule has 0 aromatic rings. The monoisotopic (exact) mass is 316 g/mol. The zero-order chi connectivity index (χ0) is 16.2. The first kappa shape index (κ1) is 18.1. The first-order chi connectivity index (χ1) is 9.73. The maximum absolute atomic E-state index is 12.6. The molecule has 3 atom stereocenters. The Morgan fingerprint density at radius 2 is 1.86 bits per heavy atom. The van der Waals surface area contributed by atoms with Gasteiger partial charge in [0.1, 0.15) is 12.1 Å². The fourth-order valence-corrected chi connectivity index (χ4v) is 3.31. The summed E-state index contributed by atoms with van der Waals surface area (Å²) in [6, 6.07) is -0.828. The van der Waals surface area contributed by atoms with Gasteiger partial charge in [-0.15, -0.1) is 0 Å². The second-order valence-electron chi connectivity index (χ2n) is 6.54. The van der Waals surface area contributed by atoms with E-state index in [1.54, 1.807) is 11.2 Å². The fourth-order valence-electron chi connectivity index (χ4n) is 2.78. The van der Waals surface area contributed by atoms with Gasteiger partial charge in [-0.05, 0) is 24.7 Å². The van der Waals surface area contributed by atoms with Crippen LogP contribution in [0.25, 0.3) is 0 Å². The summed E-state index contributed by atoms with van der Waals surface area (Å²) in [5.74, 6) is 0.920. The highest BCUT2D eigenvalue weighted by Gasteiger charge is 2.41. The Kier molecular flexibility index (Phi) is 6.84. The number of carbonyl (C=O) groups excluding carboxylic acids is 2. The first-order valence-corrected chi connectivity index (χ1v) is 9.37. The molecule has 1 aliphatic rings. The van der Waals surface area contributed by atoms with E-state index < -0.39 is 22.9 Å². The van der Waals surface area contributed by atoms with E-state index in [9.17, 15) is 13.8 Å². The molecule has 21 heavy (non-hydrogen) atoms. The van der Waals surface area contributed by atoms with E-state index in [4.69, 9.17) is 0 Å². The molecule has 5 nitrogen and oxygen atoms in total. The summed E-state index contributed by atoms with van der Waals surface area (Å²) < 4.78 is 11.2. The summed E-state index contributed by atoms with van der Waals surface area (Å²) in [7, 11) is -0.868. The largest absolute Gasteiger partial charge is 0.342 e. The SMILES string of the molecule is CC(C)CC1NC(=O)C(C(C)C)N(CCCS(C)=O)C1=O. The number of carbonyl (C=O) groups is 2. The molecule has 0 spiro atoms. The highest BCUT2D eigenvalue weighted by Crippen LogP contribution is 2.20. The van der Waals surface area contributed by atoms with Crippen molar-refractivity contribution in [3.05, 3.63) is 0 Å². The van der Waals surface area contributed by atoms with Crippen LogP contribution in [0.15, 0.2) is 0 Å². The van der Waals surface area contributed by atoms with Crippen molar-refractivity contribution in [2.24, 2.45) is 11.8 Å². The molecule has 1 saturated heterocycles. The number of hydrogen-bond donors (Lipinski definition) is 1. The first-order valence-electron chi connectivity index (χ1n) is 7.65. The van der Waals surface area contributed by atoms with Gasteiger partial charge in [-0.25, -0.2) is 0 Å². The average Bonchev–Trinajstić information content (AvgIpc) is 2.33. The number of amides is 2. The zero-order valence-electron chi connectivity index (χ0n) is 13.7. The summed E-state index contributed by atoms with van der Waals surface area (Å²) in [6.45, 7) is 8.48. The Balaban J connectivity index is 2.84. The van der Waals surface area contributed by atoms with Crippen LogP contribution in [0.3, 0.4) is 0 Å². The zero-order valence-corrected chi connectivity index (χ0v) is 14.5. The predicted molar refractivity (Wildman–Crippen MR) is 85.3 cm³/mol. The molecule has 1 N–H and O–H groups in total. The molecule has 122 valence electrons. The van der Waals surface area contributed by atoms with E-state index >= 15 is 0 Å². The fraction of sp³-hybridized carbons (Fsp3) is 0.867. The van der Waals surface area contributed by atoms with Crippen molar-refractivity contribution >= 4 is 22.6 Å². The summed E-state index contributed by atoms with van der Waals surface area (Å²) in [6.07, 6.45) is 2.98. The van der Waals surface area contributed by atoms with Crippen molar-refractivity contribution in [1.82, 2.24) is 10.2 Å². The number of piperazine rings is 1. The summed E-state index contributed by atoms with van der Waals surface area (Å²) in [4.78, 5) is 26.6. The number of nitrogens with one attached hydrogen (secondary N) is 1. The van der Waals surface area contributed by atoms with Crippen LogP contribution in [0.2, 0.25) is 0 Å². The van der Waals surface area contributed by atoms with Crippen LogP contribution in [0.5, 0.6) is 0 Å². The smallest absolute Gasteiger partial charge is 0.245 e. The van der Waals surface area contributed by atoms with Crippen LogP contribution in [-0.4, -0.2) is 51.6 Å². The third kappa shape index (κ3) is 5.09. The molecule has 0 aromatic carbocycles. The Morgan fingerprint density at radius 3 is 2.33 bits per heavy atom. The Bertz CT molecular complexity index is 410. The third-order valence-corrected chi connectivity index (χ3v) is 4.54. The van der Waals surface area contributed by atoms with Gasteiger partial charge < -0.3 is 10.2 Å². The molecule has 6 heteroatoms. The van der Waals surface area contributed by atoms with E-state index in [1.165, 1.54) is 0 Å². The van der Waals surface area contributed by atoms with Gasteiger partial charge in [0.15, 0.2) is 0 Å². The van der Waals surface area contributed by atoms with Crippen LogP contribution in [0, 0.1) is 11.8 Å². The van der Waals surface area contributed by atoms with Crippen LogP contribution >= 0.6 is 0 Å². The van der Waals surface area contributed by atoms with Gasteiger partial charge in [-0.1, -0.05) is 27.7 Å². The van der Waals surface area contributed by atoms with Crippen molar-refractivity contribution in [3.63, 3.8) is 0 Å². The van der Waals surface area contributed by atoms with Crippen LogP contribution in [-0.2, 0) is 20.4 Å². The molecule has 1 fully saturated rings. The lowest BCUT2D eigenvalue weighted by Gasteiger charge is -2.41. The summed E-state index contributed by atoms with van der Waals surface area (Å²) >= 11 is 0. The highest BCUT2D eigenvalue weighted by molar-refractivity contribution is 7.84. The molecule has 3 unspecified atom stereocenters. The van der Waals surface area contributed by atoms with Gasteiger partial charge in [0.05, 0.1) is 0 Å². The van der Waals surface area contributed by atoms with Crippen LogP contribution < -0.4 is 5.32 Å². The van der Waals surface area contributed by atoms with Gasteiger partial charge in [0, 0.05) is 29.4 Å². The lowest BCUT2D eigenvalue weighted by molar-refractivity contribution is -0.151. The molecule has 0 aliphatic carbocycles. The molecule has 0 bridgehead atoms. The quantitative estimate of drug-likeness (QED) is 0.766. The number of nitrogens with zero attached hydrogens (tertiary/aromatic N) is 1. The number of hydrogen-bond acceptors (Lipinski definition) is 3. The molecule has 0 aromatic heterocycles. The van der Waals surface area contributed by atoms with Crippen molar-refractivity contribution in [3.8, 4) is 0 Å². The second-order valence-corrected chi connectivity index (χ2v) is 8.10. The Morgan fingerprint density at radius 1 is 1.24 bits per heavy atom. The topological polar surface area (TPSA) is 66.5 Å². The van der Waals surface area contributed by atoms with Crippen LogP contribution in [0.1, 0.15) is 40.5 Å². The molecule has 2 amide bonds. The highest BCUT2D eigenvalue weighted by atomic mass is 32.2. The van der Waals surface area contributed by atoms with Gasteiger partial charge in [-0.3, -0.25) is 13.8 Å². The predicted octanol–water partition coefficient (Wildman–Crippen LogP) is 1.15. The molecule has 1 aliphatic heterocycles. The average molecular weight is 316 g/mol. The second kappa shape index (κ2) is 7.92.